The lowest BCUT2D eigenvalue weighted by Crippen LogP contribution is -2.16. The van der Waals surface area contributed by atoms with Crippen molar-refractivity contribution < 1.29 is 0 Å². The van der Waals surface area contributed by atoms with Gasteiger partial charge in [-0.3, -0.25) is 0 Å². The van der Waals surface area contributed by atoms with Crippen LogP contribution in [0.15, 0.2) is 152 Å². The van der Waals surface area contributed by atoms with Gasteiger partial charge in [-0.05, 0) is 133 Å². The monoisotopic (exact) mass is 683 g/mol. The highest BCUT2D eigenvalue weighted by Crippen LogP contribution is 2.55. The molecule has 2 aliphatic carbocycles. The summed E-state index contributed by atoms with van der Waals surface area (Å²) in [6, 6.07) is 57.1. The van der Waals surface area contributed by atoms with Gasteiger partial charge in [0, 0.05) is 48.1 Å². The molecule has 0 bridgehead atoms. The third-order valence-electron chi connectivity index (χ3n) is 12.2. The van der Waals surface area contributed by atoms with Crippen LogP contribution in [0.5, 0.6) is 0 Å². The minimum atomic E-state index is -0.130. The van der Waals surface area contributed by atoms with Crippen molar-refractivity contribution in [2.45, 2.75) is 38.5 Å². The van der Waals surface area contributed by atoms with E-state index in [2.05, 4.69) is 184 Å². The quantitative estimate of drug-likeness (QED) is 0.179. The standard InChI is InChI=1S/C50H37NS/c1-49(2)42-23-19-30-12-8-9-15-36(30)48(42)41-25-31-18-20-34(24-32(31)26-43(41)49)51(33-13-6-5-7-14-33)35-21-22-37-39-29-47-40(38-16-10-11-17-46(38)52-47)28-45(39)50(3,4)44(37)27-35/h5-29H,1-4H3. The molecule has 0 N–H and O–H groups in total. The van der Waals surface area contributed by atoms with Crippen LogP contribution < -0.4 is 4.90 Å². The van der Waals surface area contributed by atoms with Crippen molar-refractivity contribution >= 4 is 70.1 Å². The van der Waals surface area contributed by atoms with Crippen molar-refractivity contribution in [1.82, 2.24) is 0 Å². The molecular formula is C50H37NS. The molecule has 8 aromatic carbocycles. The minimum Gasteiger partial charge on any atom is -0.310 e. The lowest BCUT2D eigenvalue weighted by molar-refractivity contribution is 0.661. The van der Waals surface area contributed by atoms with E-state index >= 15 is 0 Å². The maximum atomic E-state index is 2.47. The molecule has 1 heterocycles. The van der Waals surface area contributed by atoms with Crippen LogP contribution in [0.1, 0.15) is 49.9 Å². The Morgan fingerprint density at radius 3 is 1.92 bits per heavy atom. The third kappa shape index (κ3) is 4.04. The molecule has 9 aromatic rings. The molecular weight excluding hydrogens is 647 g/mol. The second kappa shape index (κ2) is 10.4. The number of benzene rings is 8. The maximum Gasteiger partial charge on any atom is 0.0468 e. The molecule has 0 fully saturated rings. The SMILES string of the molecule is CC1(C)c2cc(N(c3ccccc3)c3ccc4cc5c(cc4c3)C(C)(C)c3ccc4ccccc4c3-5)ccc2-c2cc3sc4ccccc4c3cc21. The van der Waals surface area contributed by atoms with Crippen LogP contribution in [0, 0.1) is 0 Å². The number of hydrogen-bond donors (Lipinski definition) is 0. The smallest absolute Gasteiger partial charge is 0.0468 e. The van der Waals surface area contributed by atoms with Gasteiger partial charge in [0.05, 0.1) is 0 Å². The summed E-state index contributed by atoms with van der Waals surface area (Å²) >= 11 is 1.90. The van der Waals surface area contributed by atoms with E-state index < -0.39 is 0 Å². The molecule has 52 heavy (non-hydrogen) atoms. The van der Waals surface area contributed by atoms with Gasteiger partial charge in [-0.25, -0.2) is 0 Å². The zero-order valence-electron chi connectivity index (χ0n) is 29.8. The first-order valence-corrected chi connectivity index (χ1v) is 19.2. The van der Waals surface area contributed by atoms with Crippen LogP contribution in [0.25, 0.3) is 64.0 Å². The lowest BCUT2D eigenvalue weighted by atomic mass is 9.81. The summed E-state index contributed by atoms with van der Waals surface area (Å²) in [4.78, 5) is 2.44. The number of rotatable bonds is 3. The molecule has 0 amide bonds. The van der Waals surface area contributed by atoms with E-state index in [-0.39, 0.29) is 10.8 Å². The molecule has 1 nitrogen and oxygen atoms in total. The second-order valence-corrected chi connectivity index (χ2v) is 16.9. The zero-order valence-corrected chi connectivity index (χ0v) is 30.6. The van der Waals surface area contributed by atoms with Gasteiger partial charge >= 0.3 is 0 Å². The summed E-state index contributed by atoms with van der Waals surface area (Å²) in [5, 5.41) is 7.90. The topological polar surface area (TPSA) is 3.24 Å². The molecule has 248 valence electrons. The van der Waals surface area contributed by atoms with Crippen molar-refractivity contribution in [3.05, 3.63) is 174 Å². The second-order valence-electron chi connectivity index (χ2n) is 15.8. The minimum absolute atomic E-state index is 0.0840. The van der Waals surface area contributed by atoms with E-state index in [1.165, 1.54) is 91.9 Å². The van der Waals surface area contributed by atoms with Crippen LogP contribution in [-0.2, 0) is 10.8 Å². The first-order chi connectivity index (χ1) is 25.3. The Balaban J connectivity index is 1.06. The van der Waals surface area contributed by atoms with Crippen LogP contribution in [0.3, 0.4) is 0 Å². The first-order valence-electron chi connectivity index (χ1n) is 18.3. The molecule has 1 aromatic heterocycles. The highest BCUT2D eigenvalue weighted by Gasteiger charge is 2.38. The van der Waals surface area contributed by atoms with Crippen LogP contribution >= 0.6 is 11.3 Å². The average Bonchev–Trinajstić information content (AvgIpc) is 3.72. The van der Waals surface area contributed by atoms with Gasteiger partial charge in [-0.1, -0.05) is 113 Å². The number of thiophene rings is 1. The first kappa shape index (κ1) is 30.0. The highest BCUT2D eigenvalue weighted by molar-refractivity contribution is 7.25. The Morgan fingerprint density at radius 2 is 1.06 bits per heavy atom. The molecule has 11 rings (SSSR count). The van der Waals surface area contributed by atoms with E-state index in [1.807, 2.05) is 11.3 Å². The predicted octanol–water partition coefficient (Wildman–Crippen LogP) is 14.4. The third-order valence-corrected chi connectivity index (χ3v) is 13.3. The fraction of sp³-hybridized carbons (Fsp3) is 0.120. The average molecular weight is 684 g/mol. The molecule has 0 saturated carbocycles. The molecule has 0 unspecified atom stereocenters. The highest BCUT2D eigenvalue weighted by atomic mass is 32.1. The lowest BCUT2D eigenvalue weighted by Gasteiger charge is -2.28. The molecule has 0 aliphatic heterocycles. The summed E-state index contributed by atoms with van der Waals surface area (Å²) in [6.07, 6.45) is 0. The Bertz CT molecular complexity index is 2960. The number of para-hydroxylation sites is 1. The summed E-state index contributed by atoms with van der Waals surface area (Å²) in [6.45, 7) is 9.56. The van der Waals surface area contributed by atoms with Gasteiger partial charge in [0.25, 0.3) is 0 Å². The van der Waals surface area contributed by atoms with E-state index in [9.17, 15) is 0 Å². The van der Waals surface area contributed by atoms with Crippen LogP contribution in [0.2, 0.25) is 0 Å². The Kier molecular flexibility index (Phi) is 6.02. The van der Waals surface area contributed by atoms with Crippen molar-refractivity contribution in [1.29, 1.82) is 0 Å². The number of hydrogen-bond acceptors (Lipinski definition) is 2. The van der Waals surface area contributed by atoms with Crippen LogP contribution in [0.4, 0.5) is 17.1 Å². The van der Waals surface area contributed by atoms with Crippen molar-refractivity contribution in [3.8, 4) is 22.3 Å². The predicted molar refractivity (Wildman–Crippen MR) is 224 cm³/mol. The van der Waals surface area contributed by atoms with E-state index in [0.717, 1.165) is 11.4 Å². The Hall–Kier alpha value is -5.70. The van der Waals surface area contributed by atoms with Gasteiger partial charge in [0.15, 0.2) is 0 Å². The Labute approximate surface area is 308 Å². The summed E-state index contributed by atoms with van der Waals surface area (Å²) < 4.78 is 2.72. The fourth-order valence-corrected chi connectivity index (χ4v) is 10.6. The largest absolute Gasteiger partial charge is 0.310 e. The fourth-order valence-electron chi connectivity index (χ4n) is 9.48. The zero-order chi connectivity index (χ0) is 34.9. The van der Waals surface area contributed by atoms with Gasteiger partial charge in [0.1, 0.15) is 0 Å². The summed E-state index contributed by atoms with van der Waals surface area (Å²) in [7, 11) is 0. The number of anilines is 3. The van der Waals surface area contributed by atoms with Gasteiger partial charge in [-0.15, -0.1) is 11.3 Å². The van der Waals surface area contributed by atoms with Crippen molar-refractivity contribution in [3.63, 3.8) is 0 Å². The van der Waals surface area contributed by atoms with Crippen LogP contribution in [-0.4, -0.2) is 0 Å². The molecule has 2 heteroatoms. The van der Waals surface area contributed by atoms with Gasteiger partial charge < -0.3 is 4.90 Å². The Morgan fingerprint density at radius 1 is 0.385 bits per heavy atom. The molecule has 0 radical (unpaired) electrons. The number of nitrogens with zero attached hydrogens (tertiary/aromatic N) is 1. The van der Waals surface area contributed by atoms with E-state index in [4.69, 9.17) is 0 Å². The molecule has 2 aliphatic rings. The van der Waals surface area contributed by atoms with Gasteiger partial charge in [0.2, 0.25) is 0 Å². The summed E-state index contributed by atoms with van der Waals surface area (Å²) in [5.41, 5.74) is 14.4. The van der Waals surface area contributed by atoms with E-state index in [0.29, 0.717) is 0 Å². The van der Waals surface area contributed by atoms with Crippen molar-refractivity contribution in [2.75, 3.05) is 4.90 Å². The molecule has 0 saturated heterocycles. The molecule has 0 spiro atoms. The summed E-state index contributed by atoms with van der Waals surface area (Å²) in [5.74, 6) is 0. The molecule has 0 atom stereocenters. The number of fused-ring (bicyclic) bond motifs is 12. The maximum absolute atomic E-state index is 2.47. The van der Waals surface area contributed by atoms with Gasteiger partial charge in [-0.2, -0.15) is 0 Å². The normalized spacial score (nSPS) is 14.8. The van der Waals surface area contributed by atoms with Crippen molar-refractivity contribution in [2.24, 2.45) is 0 Å². The van der Waals surface area contributed by atoms with E-state index in [1.54, 1.807) is 0 Å².